The van der Waals surface area contributed by atoms with Gasteiger partial charge in [0.1, 0.15) is 5.82 Å². The first-order valence-electron chi connectivity index (χ1n) is 5.49. The maximum Gasteiger partial charge on any atom is 0.167 e. The van der Waals surface area contributed by atoms with Crippen molar-refractivity contribution in [3.05, 3.63) is 62.8 Å². The number of hydrogen-bond donors (Lipinski definition) is 1. The number of halogens is 3. The highest BCUT2D eigenvalue weighted by atomic mass is 79.9. The first kappa shape index (κ1) is 14.0. The van der Waals surface area contributed by atoms with E-state index in [1.165, 1.54) is 18.2 Å². The molecule has 98 valence electrons. The highest BCUT2D eigenvalue weighted by Gasteiger charge is 2.11. The second-order valence-corrected chi connectivity index (χ2v) is 5.43. The molecule has 0 aliphatic heterocycles. The number of rotatable bonds is 3. The minimum Gasteiger partial charge on any atom is -0.399 e. The second kappa shape index (κ2) is 5.72. The molecule has 0 aliphatic carbocycles. The van der Waals surface area contributed by atoms with E-state index in [0.717, 1.165) is 4.47 Å². The molecule has 0 saturated carbocycles. The van der Waals surface area contributed by atoms with Crippen molar-refractivity contribution in [1.82, 2.24) is 0 Å². The molecule has 0 bridgehead atoms. The molecule has 0 spiro atoms. The Bertz CT molecular complexity index is 625. The molecule has 2 N–H and O–H groups in total. The Kier molecular flexibility index (Phi) is 4.22. The lowest BCUT2D eigenvalue weighted by Crippen LogP contribution is -2.05. The summed E-state index contributed by atoms with van der Waals surface area (Å²) in [4.78, 5) is 12.1. The molecule has 0 aliphatic rings. The van der Waals surface area contributed by atoms with E-state index in [0.29, 0.717) is 16.8 Å². The van der Waals surface area contributed by atoms with Gasteiger partial charge in [0.2, 0.25) is 0 Å². The van der Waals surface area contributed by atoms with Crippen LogP contribution in [0.5, 0.6) is 0 Å². The molecule has 0 fully saturated rings. The van der Waals surface area contributed by atoms with Crippen LogP contribution in [0.4, 0.5) is 10.1 Å². The monoisotopic (exact) mass is 341 g/mol. The third-order valence-electron chi connectivity index (χ3n) is 2.61. The second-order valence-electron chi connectivity index (χ2n) is 4.11. The zero-order valence-electron chi connectivity index (χ0n) is 9.79. The van der Waals surface area contributed by atoms with Gasteiger partial charge in [-0.15, -0.1) is 0 Å². The highest BCUT2D eigenvalue weighted by Crippen LogP contribution is 2.22. The molecule has 0 unspecified atom stereocenters. The first-order chi connectivity index (χ1) is 8.95. The third-order valence-corrected chi connectivity index (χ3v) is 3.42. The number of nitrogen functional groups attached to an aromatic ring is 1. The number of carbonyl (C=O) groups is 1. The topological polar surface area (TPSA) is 43.1 Å². The standard InChI is InChI=1S/C14H10BrClFNO/c15-10-3-9(4-12(18)6-10)14(19)5-8-1-2-11(17)7-13(8)16/h1-4,6-7H,5,18H2. The maximum atomic E-state index is 12.9. The van der Waals surface area contributed by atoms with Gasteiger partial charge in [0, 0.05) is 27.2 Å². The minimum absolute atomic E-state index is 0.106. The summed E-state index contributed by atoms with van der Waals surface area (Å²) in [5, 5.41) is 0.247. The maximum absolute atomic E-state index is 12.9. The van der Waals surface area contributed by atoms with Gasteiger partial charge in [-0.05, 0) is 35.9 Å². The molecule has 0 heterocycles. The van der Waals surface area contributed by atoms with E-state index < -0.39 is 5.82 Å². The Labute approximate surface area is 123 Å². The van der Waals surface area contributed by atoms with Gasteiger partial charge in [-0.1, -0.05) is 33.6 Å². The lowest BCUT2D eigenvalue weighted by Gasteiger charge is -2.06. The molecule has 2 aromatic carbocycles. The third kappa shape index (κ3) is 3.55. The van der Waals surface area contributed by atoms with Crippen LogP contribution in [0, 0.1) is 5.82 Å². The fourth-order valence-electron chi connectivity index (χ4n) is 1.71. The van der Waals surface area contributed by atoms with E-state index in [1.54, 1.807) is 18.2 Å². The smallest absolute Gasteiger partial charge is 0.167 e. The Hall–Kier alpha value is -1.39. The lowest BCUT2D eigenvalue weighted by atomic mass is 10.0. The number of ketones is 1. The number of benzene rings is 2. The SMILES string of the molecule is Nc1cc(Br)cc(C(=O)Cc2ccc(F)cc2Cl)c1. The normalized spacial score (nSPS) is 10.5. The van der Waals surface area contributed by atoms with Crippen molar-refractivity contribution in [2.45, 2.75) is 6.42 Å². The zero-order chi connectivity index (χ0) is 14.0. The van der Waals surface area contributed by atoms with Crippen molar-refractivity contribution in [1.29, 1.82) is 0 Å². The summed E-state index contributed by atoms with van der Waals surface area (Å²) < 4.78 is 13.7. The fraction of sp³-hybridized carbons (Fsp3) is 0.0714. The molecule has 0 saturated heterocycles. The average Bonchev–Trinajstić information content (AvgIpc) is 2.31. The van der Waals surface area contributed by atoms with Gasteiger partial charge < -0.3 is 5.73 Å². The first-order valence-corrected chi connectivity index (χ1v) is 6.66. The van der Waals surface area contributed by atoms with Gasteiger partial charge in [0.05, 0.1) is 0 Å². The van der Waals surface area contributed by atoms with Gasteiger partial charge in [-0.2, -0.15) is 0 Å². The van der Waals surface area contributed by atoms with Gasteiger partial charge in [-0.25, -0.2) is 4.39 Å². The summed E-state index contributed by atoms with van der Waals surface area (Å²) in [5.41, 5.74) is 7.27. The van der Waals surface area contributed by atoms with E-state index >= 15 is 0 Å². The predicted octanol–water partition coefficient (Wildman–Crippen LogP) is 4.25. The van der Waals surface area contributed by atoms with Crippen LogP contribution in [0.3, 0.4) is 0 Å². The van der Waals surface area contributed by atoms with E-state index in [-0.39, 0.29) is 17.2 Å². The van der Waals surface area contributed by atoms with Crippen molar-refractivity contribution >= 4 is 39.0 Å². The Balaban J connectivity index is 2.25. The van der Waals surface area contributed by atoms with Crippen molar-refractivity contribution in [3.63, 3.8) is 0 Å². The van der Waals surface area contributed by atoms with Crippen LogP contribution in [0.15, 0.2) is 40.9 Å². The summed E-state index contributed by atoms with van der Waals surface area (Å²) in [6, 6.07) is 8.99. The van der Waals surface area contributed by atoms with E-state index in [1.807, 2.05) is 0 Å². The minimum atomic E-state index is -0.423. The molecule has 0 radical (unpaired) electrons. The van der Waals surface area contributed by atoms with Crippen LogP contribution in [-0.4, -0.2) is 5.78 Å². The largest absolute Gasteiger partial charge is 0.399 e. The van der Waals surface area contributed by atoms with Gasteiger partial charge >= 0.3 is 0 Å². The van der Waals surface area contributed by atoms with Gasteiger partial charge in [0.25, 0.3) is 0 Å². The summed E-state index contributed by atoms with van der Waals surface area (Å²) in [7, 11) is 0. The molecular weight excluding hydrogens is 333 g/mol. The van der Waals surface area contributed by atoms with Crippen molar-refractivity contribution in [3.8, 4) is 0 Å². The molecule has 5 heteroatoms. The van der Waals surface area contributed by atoms with Crippen LogP contribution in [0.25, 0.3) is 0 Å². The number of Topliss-reactive ketones (excluding diaryl/α,β-unsaturated/α-hetero) is 1. The quantitative estimate of drug-likeness (QED) is 0.669. The van der Waals surface area contributed by atoms with Crippen LogP contribution < -0.4 is 5.73 Å². The lowest BCUT2D eigenvalue weighted by molar-refractivity contribution is 0.0993. The molecule has 0 amide bonds. The van der Waals surface area contributed by atoms with Crippen LogP contribution in [0.1, 0.15) is 15.9 Å². The van der Waals surface area contributed by atoms with Gasteiger partial charge in [0.15, 0.2) is 5.78 Å². The number of anilines is 1. The molecule has 2 nitrogen and oxygen atoms in total. The van der Waals surface area contributed by atoms with Crippen LogP contribution in [-0.2, 0) is 6.42 Å². The average molecular weight is 343 g/mol. The zero-order valence-corrected chi connectivity index (χ0v) is 12.1. The molecule has 2 aromatic rings. The van der Waals surface area contributed by atoms with E-state index in [4.69, 9.17) is 17.3 Å². The van der Waals surface area contributed by atoms with Crippen LogP contribution in [0.2, 0.25) is 5.02 Å². The van der Waals surface area contributed by atoms with Crippen LogP contribution >= 0.6 is 27.5 Å². The van der Waals surface area contributed by atoms with Crippen molar-refractivity contribution < 1.29 is 9.18 Å². The molecule has 2 rings (SSSR count). The van der Waals surface area contributed by atoms with E-state index in [2.05, 4.69) is 15.9 Å². The number of hydrogen-bond acceptors (Lipinski definition) is 2. The summed E-state index contributed by atoms with van der Waals surface area (Å²) in [5.74, 6) is -0.547. The molecule has 0 atom stereocenters. The Morgan fingerprint density at radius 2 is 2.00 bits per heavy atom. The fourth-order valence-corrected chi connectivity index (χ4v) is 2.46. The van der Waals surface area contributed by atoms with Crippen molar-refractivity contribution in [2.24, 2.45) is 0 Å². The van der Waals surface area contributed by atoms with Gasteiger partial charge in [-0.3, -0.25) is 4.79 Å². The highest BCUT2D eigenvalue weighted by molar-refractivity contribution is 9.10. The molecule has 0 aromatic heterocycles. The Morgan fingerprint density at radius 3 is 2.63 bits per heavy atom. The number of nitrogens with two attached hydrogens (primary N) is 1. The summed E-state index contributed by atoms with van der Waals surface area (Å²) in [6.45, 7) is 0. The Morgan fingerprint density at radius 1 is 1.26 bits per heavy atom. The summed E-state index contributed by atoms with van der Waals surface area (Å²) >= 11 is 9.18. The van der Waals surface area contributed by atoms with Crippen molar-refractivity contribution in [2.75, 3.05) is 5.73 Å². The predicted molar refractivity (Wildman–Crippen MR) is 78.0 cm³/mol. The molecule has 19 heavy (non-hydrogen) atoms. The number of carbonyl (C=O) groups excluding carboxylic acids is 1. The molecular formula is C14H10BrClFNO. The summed E-state index contributed by atoms with van der Waals surface area (Å²) in [6.07, 6.45) is 0.106. The van der Waals surface area contributed by atoms with E-state index in [9.17, 15) is 9.18 Å².